The van der Waals surface area contributed by atoms with Gasteiger partial charge in [-0.1, -0.05) is 37.5 Å². The van der Waals surface area contributed by atoms with Crippen LogP contribution in [0.3, 0.4) is 0 Å². The molecule has 1 heterocycles. The van der Waals surface area contributed by atoms with Gasteiger partial charge >= 0.3 is 0 Å². The minimum absolute atomic E-state index is 1.02. The average molecular weight is 235 g/mol. The summed E-state index contributed by atoms with van der Waals surface area (Å²) in [4.78, 5) is 0. The molecule has 0 unspecified atom stereocenters. The number of hydrogen-bond donors (Lipinski definition) is 0. The van der Waals surface area contributed by atoms with Gasteiger partial charge in [-0.15, -0.1) is 19.7 Å². The molecule has 1 saturated heterocycles. The fraction of sp³-hybridized carbons (Fsp3) is 0.571. The van der Waals surface area contributed by atoms with Crippen molar-refractivity contribution in [2.75, 3.05) is 13.1 Å². The number of allylic oxidation sites excluding steroid dienone is 1. The first-order chi connectivity index (χ1) is 7.79. The van der Waals surface area contributed by atoms with Crippen molar-refractivity contribution in [1.82, 2.24) is 4.57 Å². The highest BCUT2D eigenvalue weighted by atomic mass is 28.3. The topological polar surface area (TPSA) is 3.24 Å². The highest BCUT2D eigenvalue weighted by molar-refractivity contribution is 6.77. The molecule has 0 aromatic rings. The Morgan fingerprint density at radius 1 is 0.875 bits per heavy atom. The fourth-order valence-electron chi connectivity index (χ4n) is 2.90. The molecule has 90 valence electrons. The minimum atomic E-state index is -1.28. The Hall–Kier alpha value is -0.603. The van der Waals surface area contributed by atoms with Crippen LogP contribution in [0.4, 0.5) is 0 Å². The molecule has 1 nitrogen and oxygen atoms in total. The van der Waals surface area contributed by atoms with Gasteiger partial charge in [-0.2, -0.15) is 0 Å². The van der Waals surface area contributed by atoms with Gasteiger partial charge in [-0.05, 0) is 18.1 Å². The summed E-state index contributed by atoms with van der Waals surface area (Å²) in [6.07, 6.45) is 10.4. The molecule has 0 bridgehead atoms. The van der Waals surface area contributed by atoms with Crippen molar-refractivity contribution in [1.29, 1.82) is 0 Å². The van der Waals surface area contributed by atoms with E-state index < -0.39 is 8.24 Å². The van der Waals surface area contributed by atoms with Crippen LogP contribution in [-0.2, 0) is 0 Å². The molecule has 1 fully saturated rings. The van der Waals surface area contributed by atoms with Crippen LogP contribution in [-0.4, -0.2) is 25.9 Å². The van der Waals surface area contributed by atoms with E-state index in [0.29, 0.717) is 0 Å². The Kier molecular flexibility index (Phi) is 5.78. The quantitative estimate of drug-likeness (QED) is 0.476. The molecule has 0 spiro atoms. The van der Waals surface area contributed by atoms with E-state index in [1.165, 1.54) is 37.4 Å². The van der Waals surface area contributed by atoms with E-state index in [0.717, 1.165) is 13.1 Å². The molecule has 0 saturated carbocycles. The van der Waals surface area contributed by atoms with Crippen LogP contribution >= 0.6 is 0 Å². The highest BCUT2D eigenvalue weighted by Gasteiger charge is 2.38. The third-order valence-electron chi connectivity index (χ3n) is 3.68. The van der Waals surface area contributed by atoms with Crippen molar-refractivity contribution in [2.45, 2.75) is 37.4 Å². The molecule has 0 amide bonds. The van der Waals surface area contributed by atoms with E-state index in [1.807, 2.05) is 12.2 Å². The average Bonchev–Trinajstić information content (AvgIpc) is 2.30. The minimum Gasteiger partial charge on any atom is -0.316 e. The molecule has 1 aliphatic heterocycles. The molecule has 16 heavy (non-hydrogen) atoms. The Morgan fingerprint density at radius 3 is 1.88 bits per heavy atom. The molecule has 0 aromatic carbocycles. The second-order valence-corrected chi connectivity index (χ2v) is 9.25. The molecule has 0 aliphatic carbocycles. The van der Waals surface area contributed by atoms with Crippen LogP contribution in [0.25, 0.3) is 0 Å². The van der Waals surface area contributed by atoms with Crippen molar-refractivity contribution in [3.05, 3.63) is 38.0 Å². The predicted octanol–water partition coefficient (Wildman–Crippen LogP) is 3.98. The zero-order valence-electron chi connectivity index (χ0n) is 10.5. The summed E-state index contributed by atoms with van der Waals surface area (Å²) in [6, 6.07) is 4.09. The van der Waals surface area contributed by atoms with E-state index in [9.17, 15) is 0 Å². The second-order valence-electron chi connectivity index (χ2n) is 4.76. The standard InChI is InChI=1S/C14H25NSi/c1-4-10-15(11-5-2)16(12-6-3)13-8-7-9-14-16/h4-6H,1-3,7-14H2. The summed E-state index contributed by atoms with van der Waals surface area (Å²) < 4.78 is 2.66. The van der Waals surface area contributed by atoms with E-state index in [2.05, 4.69) is 30.4 Å². The first kappa shape index (κ1) is 13.5. The van der Waals surface area contributed by atoms with Crippen molar-refractivity contribution in [3.8, 4) is 0 Å². The molecule has 0 aromatic heterocycles. The normalized spacial score (nSPS) is 19.3. The zero-order valence-corrected chi connectivity index (χ0v) is 11.5. The van der Waals surface area contributed by atoms with E-state index in [4.69, 9.17) is 0 Å². The number of hydrogen-bond acceptors (Lipinski definition) is 1. The molecular formula is C14H25NSi. The molecule has 0 atom stereocenters. The van der Waals surface area contributed by atoms with E-state index in [1.54, 1.807) is 0 Å². The van der Waals surface area contributed by atoms with Gasteiger partial charge in [-0.3, -0.25) is 0 Å². The Morgan fingerprint density at radius 2 is 1.44 bits per heavy atom. The highest BCUT2D eigenvalue weighted by Crippen LogP contribution is 2.34. The van der Waals surface area contributed by atoms with Gasteiger partial charge in [0, 0.05) is 13.1 Å². The summed E-state index contributed by atoms with van der Waals surface area (Å²) in [5, 5.41) is 0. The first-order valence-corrected chi connectivity index (χ1v) is 8.93. The molecular weight excluding hydrogens is 210 g/mol. The van der Waals surface area contributed by atoms with Crippen LogP contribution in [0.5, 0.6) is 0 Å². The maximum Gasteiger partial charge on any atom is 0.132 e. The van der Waals surface area contributed by atoms with Crippen LogP contribution < -0.4 is 0 Å². The first-order valence-electron chi connectivity index (χ1n) is 6.37. The van der Waals surface area contributed by atoms with Crippen molar-refractivity contribution >= 4 is 8.24 Å². The number of nitrogens with zero attached hydrogens (tertiary/aromatic N) is 1. The predicted molar refractivity (Wildman–Crippen MR) is 76.2 cm³/mol. The van der Waals surface area contributed by atoms with Gasteiger partial charge in [-0.25, -0.2) is 0 Å². The lowest BCUT2D eigenvalue weighted by Crippen LogP contribution is -2.54. The van der Waals surface area contributed by atoms with Crippen LogP contribution in [0.15, 0.2) is 38.0 Å². The van der Waals surface area contributed by atoms with Gasteiger partial charge in [0.1, 0.15) is 8.24 Å². The van der Waals surface area contributed by atoms with E-state index in [-0.39, 0.29) is 0 Å². The van der Waals surface area contributed by atoms with Crippen molar-refractivity contribution < 1.29 is 0 Å². The van der Waals surface area contributed by atoms with Gasteiger partial charge in [0.2, 0.25) is 0 Å². The maximum atomic E-state index is 3.96. The smallest absolute Gasteiger partial charge is 0.132 e. The molecule has 0 radical (unpaired) electrons. The fourth-order valence-corrected chi connectivity index (χ4v) is 7.84. The van der Waals surface area contributed by atoms with Crippen molar-refractivity contribution in [3.63, 3.8) is 0 Å². The maximum absolute atomic E-state index is 3.96. The monoisotopic (exact) mass is 235 g/mol. The SMILES string of the molecule is C=CCN(CC=C)[Si]1(CC=C)CCCCC1. The lowest BCUT2D eigenvalue weighted by molar-refractivity contribution is 0.481. The largest absolute Gasteiger partial charge is 0.316 e. The third-order valence-corrected chi connectivity index (χ3v) is 9.00. The van der Waals surface area contributed by atoms with Crippen LogP contribution in [0.2, 0.25) is 18.1 Å². The van der Waals surface area contributed by atoms with Gasteiger partial charge < -0.3 is 4.57 Å². The summed E-state index contributed by atoms with van der Waals surface area (Å²) in [5.41, 5.74) is 0. The van der Waals surface area contributed by atoms with Gasteiger partial charge in [0.15, 0.2) is 0 Å². The summed E-state index contributed by atoms with van der Waals surface area (Å²) >= 11 is 0. The second kappa shape index (κ2) is 6.87. The lowest BCUT2D eigenvalue weighted by Gasteiger charge is -2.43. The lowest BCUT2D eigenvalue weighted by atomic mass is 10.3. The molecule has 1 rings (SSSR count). The summed E-state index contributed by atoms with van der Waals surface area (Å²) in [6.45, 7) is 13.8. The van der Waals surface area contributed by atoms with Gasteiger partial charge in [0.25, 0.3) is 0 Å². The van der Waals surface area contributed by atoms with Crippen LogP contribution in [0.1, 0.15) is 19.3 Å². The third kappa shape index (κ3) is 3.19. The summed E-state index contributed by atoms with van der Waals surface area (Å²) in [7, 11) is -1.28. The van der Waals surface area contributed by atoms with E-state index >= 15 is 0 Å². The Labute approximate surface area is 102 Å². The molecule has 1 aliphatic rings. The summed E-state index contributed by atoms with van der Waals surface area (Å²) in [5.74, 6) is 0. The van der Waals surface area contributed by atoms with Crippen molar-refractivity contribution in [2.24, 2.45) is 0 Å². The van der Waals surface area contributed by atoms with Crippen LogP contribution in [0, 0.1) is 0 Å². The van der Waals surface area contributed by atoms with Gasteiger partial charge in [0.05, 0.1) is 0 Å². The Balaban J connectivity index is 2.80. The number of rotatable bonds is 7. The zero-order chi connectivity index (χ0) is 11.9. The molecule has 2 heteroatoms. The Bertz CT molecular complexity index is 231. The molecule has 0 N–H and O–H groups in total.